The second-order valence-corrected chi connectivity index (χ2v) is 5.91. The van der Waals surface area contributed by atoms with Crippen LogP contribution in [-0.2, 0) is 9.84 Å². The van der Waals surface area contributed by atoms with E-state index in [9.17, 15) is 13.5 Å². The summed E-state index contributed by atoms with van der Waals surface area (Å²) in [4.78, 5) is 0. The molecule has 0 aromatic heterocycles. The predicted octanol–water partition coefficient (Wildman–Crippen LogP) is 0.748. The molecule has 13 heavy (non-hydrogen) atoms. The van der Waals surface area contributed by atoms with Crippen LogP contribution in [0, 0.1) is 5.92 Å². The van der Waals surface area contributed by atoms with Crippen LogP contribution >= 0.6 is 0 Å². The van der Waals surface area contributed by atoms with Gasteiger partial charge in [-0.2, -0.15) is 0 Å². The highest BCUT2D eigenvalue weighted by Gasteiger charge is 2.28. The lowest BCUT2D eigenvalue weighted by Crippen LogP contribution is -2.14. The van der Waals surface area contributed by atoms with Crippen LogP contribution < -0.4 is 0 Å². The van der Waals surface area contributed by atoms with Gasteiger partial charge in [0.1, 0.15) is 0 Å². The standard InChI is InChI=1S/C9H16O3S/c1-2-3-9(10)6-8-4-5-13(11,12)7-8/h2,8-10H,1,3-7H2. The second-order valence-electron chi connectivity index (χ2n) is 3.68. The molecule has 76 valence electrons. The van der Waals surface area contributed by atoms with E-state index in [0.717, 1.165) is 0 Å². The van der Waals surface area contributed by atoms with E-state index in [2.05, 4.69) is 6.58 Å². The van der Waals surface area contributed by atoms with Crippen molar-refractivity contribution in [1.29, 1.82) is 0 Å². The number of aliphatic hydroxyl groups excluding tert-OH is 1. The Bertz CT molecular complexity index is 269. The van der Waals surface area contributed by atoms with Crippen molar-refractivity contribution >= 4 is 9.84 Å². The summed E-state index contributed by atoms with van der Waals surface area (Å²) in [6.07, 6.45) is 3.09. The zero-order valence-electron chi connectivity index (χ0n) is 7.65. The summed E-state index contributed by atoms with van der Waals surface area (Å²) in [5.74, 6) is 0.694. The van der Waals surface area contributed by atoms with E-state index < -0.39 is 15.9 Å². The smallest absolute Gasteiger partial charge is 0.150 e. The van der Waals surface area contributed by atoms with E-state index in [4.69, 9.17) is 0 Å². The third-order valence-electron chi connectivity index (χ3n) is 2.37. The molecular weight excluding hydrogens is 188 g/mol. The van der Waals surface area contributed by atoms with E-state index in [1.807, 2.05) is 0 Å². The maximum Gasteiger partial charge on any atom is 0.150 e. The minimum atomic E-state index is -2.79. The molecule has 0 aromatic rings. The van der Waals surface area contributed by atoms with Crippen LogP contribution in [0.25, 0.3) is 0 Å². The number of aliphatic hydroxyl groups is 1. The Morgan fingerprint density at radius 1 is 1.62 bits per heavy atom. The largest absolute Gasteiger partial charge is 0.393 e. The summed E-state index contributed by atoms with van der Waals surface area (Å²) >= 11 is 0. The molecule has 1 saturated heterocycles. The maximum atomic E-state index is 11.1. The summed E-state index contributed by atoms with van der Waals surface area (Å²) in [5, 5.41) is 9.41. The molecule has 1 aliphatic heterocycles. The van der Waals surface area contributed by atoms with Crippen molar-refractivity contribution in [2.75, 3.05) is 11.5 Å². The Morgan fingerprint density at radius 2 is 2.31 bits per heavy atom. The molecule has 2 unspecified atom stereocenters. The summed E-state index contributed by atoms with van der Waals surface area (Å²) in [6, 6.07) is 0. The van der Waals surface area contributed by atoms with E-state index in [1.54, 1.807) is 6.08 Å². The van der Waals surface area contributed by atoms with Crippen molar-refractivity contribution in [2.24, 2.45) is 5.92 Å². The molecule has 1 heterocycles. The molecule has 1 aliphatic rings. The molecule has 2 atom stereocenters. The molecule has 1 rings (SSSR count). The van der Waals surface area contributed by atoms with Gasteiger partial charge in [0.05, 0.1) is 17.6 Å². The van der Waals surface area contributed by atoms with Crippen LogP contribution in [-0.4, -0.2) is 31.1 Å². The van der Waals surface area contributed by atoms with Crippen LogP contribution in [0.3, 0.4) is 0 Å². The van der Waals surface area contributed by atoms with Crippen molar-refractivity contribution in [3.8, 4) is 0 Å². The molecule has 4 heteroatoms. The molecule has 0 radical (unpaired) electrons. The van der Waals surface area contributed by atoms with E-state index >= 15 is 0 Å². The highest BCUT2D eigenvalue weighted by atomic mass is 32.2. The van der Waals surface area contributed by atoms with E-state index in [0.29, 0.717) is 25.0 Å². The fourth-order valence-electron chi connectivity index (χ4n) is 1.73. The lowest BCUT2D eigenvalue weighted by atomic mass is 9.99. The average molecular weight is 204 g/mol. The summed E-state index contributed by atoms with van der Waals surface area (Å²) in [5.41, 5.74) is 0. The van der Waals surface area contributed by atoms with Crippen LogP contribution in [0.1, 0.15) is 19.3 Å². The predicted molar refractivity (Wildman–Crippen MR) is 52.2 cm³/mol. The van der Waals surface area contributed by atoms with Gasteiger partial charge in [-0.1, -0.05) is 6.08 Å². The quantitative estimate of drug-likeness (QED) is 0.687. The van der Waals surface area contributed by atoms with Gasteiger partial charge in [0, 0.05) is 0 Å². The number of hydrogen-bond donors (Lipinski definition) is 1. The van der Waals surface area contributed by atoms with E-state index in [1.165, 1.54) is 0 Å². The van der Waals surface area contributed by atoms with Crippen LogP contribution in [0.4, 0.5) is 0 Å². The highest BCUT2D eigenvalue weighted by molar-refractivity contribution is 7.91. The first kappa shape index (κ1) is 10.7. The Morgan fingerprint density at radius 3 is 2.77 bits per heavy atom. The third-order valence-corrected chi connectivity index (χ3v) is 4.21. The van der Waals surface area contributed by atoms with Gasteiger partial charge in [0.25, 0.3) is 0 Å². The normalized spacial score (nSPS) is 28.5. The Balaban J connectivity index is 2.36. The Hall–Kier alpha value is -0.350. The van der Waals surface area contributed by atoms with Crippen molar-refractivity contribution in [3.63, 3.8) is 0 Å². The molecule has 1 N–H and O–H groups in total. The molecule has 0 aromatic carbocycles. The topological polar surface area (TPSA) is 54.4 Å². The van der Waals surface area contributed by atoms with Gasteiger partial charge >= 0.3 is 0 Å². The zero-order valence-corrected chi connectivity index (χ0v) is 8.46. The fourth-order valence-corrected chi connectivity index (χ4v) is 3.61. The van der Waals surface area contributed by atoms with Crippen LogP contribution in [0.5, 0.6) is 0 Å². The maximum absolute atomic E-state index is 11.1. The Labute approximate surface area is 79.4 Å². The first-order valence-corrected chi connectivity index (χ1v) is 6.35. The summed E-state index contributed by atoms with van der Waals surface area (Å²) in [7, 11) is -2.79. The molecule has 0 saturated carbocycles. The summed E-state index contributed by atoms with van der Waals surface area (Å²) < 4.78 is 22.2. The minimum absolute atomic E-state index is 0.153. The molecule has 3 nitrogen and oxygen atoms in total. The first-order chi connectivity index (χ1) is 6.03. The average Bonchev–Trinajstić information content (AvgIpc) is 2.30. The van der Waals surface area contributed by atoms with E-state index in [-0.39, 0.29) is 11.7 Å². The molecular formula is C9H16O3S. The minimum Gasteiger partial charge on any atom is -0.393 e. The van der Waals surface area contributed by atoms with Crippen LogP contribution in [0.15, 0.2) is 12.7 Å². The van der Waals surface area contributed by atoms with Gasteiger partial charge in [-0.25, -0.2) is 8.42 Å². The SMILES string of the molecule is C=CCC(O)CC1CCS(=O)(=O)C1. The highest BCUT2D eigenvalue weighted by Crippen LogP contribution is 2.23. The molecule has 1 fully saturated rings. The molecule has 0 bridgehead atoms. The number of hydrogen-bond acceptors (Lipinski definition) is 3. The van der Waals surface area contributed by atoms with Gasteiger partial charge in [0.2, 0.25) is 0 Å². The van der Waals surface area contributed by atoms with Gasteiger partial charge in [-0.05, 0) is 25.2 Å². The van der Waals surface area contributed by atoms with Gasteiger partial charge < -0.3 is 5.11 Å². The zero-order chi connectivity index (χ0) is 9.90. The number of sulfone groups is 1. The second kappa shape index (κ2) is 4.24. The molecule has 0 aliphatic carbocycles. The Kier molecular flexibility index (Phi) is 3.50. The number of rotatable bonds is 4. The monoisotopic (exact) mass is 204 g/mol. The fraction of sp³-hybridized carbons (Fsp3) is 0.778. The lowest BCUT2D eigenvalue weighted by Gasteiger charge is -2.11. The van der Waals surface area contributed by atoms with Crippen molar-refractivity contribution in [3.05, 3.63) is 12.7 Å². The first-order valence-electron chi connectivity index (χ1n) is 4.53. The molecule has 0 spiro atoms. The van der Waals surface area contributed by atoms with Crippen molar-refractivity contribution in [1.82, 2.24) is 0 Å². The lowest BCUT2D eigenvalue weighted by molar-refractivity contribution is 0.149. The van der Waals surface area contributed by atoms with Gasteiger partial charge in [-0.3, -0.25) is 0 Å². The van der Waals surface area contributed by atoms with Crippen molar-refractivity contribution in [2.45, 2.75) is 25.4 Å². The van der Waals surface area contributed by atoms with Crippen LogP contribution in [0.2, 0.25) is 0 Å². The summed E-state index contributed by atoms with van der Waals surface area (Å²) in [6.45, 7) is 3.53. The third kappa shape index (κ3) is 3.48. The van der Waals surface area contributed by atoms with Gasteiger partial charge in [-0.15, -0.1) is 6.58 Å². The van der Waals surface area contributed by atoms with Crippen molar-refractivity contribution < 1.29 is 13.5 Å². The molecule has 0 amide bonds. The van der Waals surface area contributed by atoms with Gasteiger partial charge in [0.15, 0.2) is 9.84 Å².